The van der Waals surface area contributed by atoms with Crippen molar-refractivity contribution in [2.75, 3.05) is 44.3 Å². The smallest absolute Gasteiger partial charge is 0.269 e. The van der Waals surface area contributed by atoms with Crippen molar-refractivity contribution in [2.24, 2.45) is 0 Å². The molecular weight excluding hydrogens is 346 g/mol. The van der Waals surface area contributed by atoms with E-state index in [9.17, 15) is 4.79 Å². The number of hydrogen-bond acceptors (Lipinski definition) is 7. The highest BCUT2D eigenvalue weighted by Gasteiger charge is 2.24. The van der Waals surface area contributed by atoms with Gasteiger partial charge in [0.2, 0.25) is 0 Å². The maximum Gasteiger partial charge on any atom is 0.269 e. The lowest BCUT2D eigenvalue weighted by atomic mass is 10.1. The highest BCUT2D eigenvalue weighted by Crippen LogP contribution is 2.21. The summed E-state index contributed by atoms with van der Waals surface area (Å²) in [4.78, 5) is 21.7. The number of piperidine rings is 1. The van der Waals surface area contributed by atoms with Gasteiger partial charge in [0.25, 0.3) is 5.56 Å². The molecule has 9 nitrogen and oxygen atoms in total. The van der Waals surface area contributed by atoms with Crippen LogP contribution >= 0.6 is 0 Å². The molecule has 0 saturated carbocycles. The summed E-state index contributed by atoms with van der Waals surface area (Å²) < 4.78 is 7.02. The van der Waals surface area contributed by atoms with Crippen molar-refractivity contribution in [1.82, 2.24) is 29.9 Å². The van der Waals surface area contributed by atoms with E-state index in [1.54, 1.807) is 10.7 Å². The molecule has 146 valence electrons. The molecule has 2 aliphatic rings. The van der Waals surface area contributed by atoms with Gasteiger partial charge in [0.1, 0.15) is 11.6 Å². The molecule has 2 saturated heterocycles. The number of aromatic nitrogens is 5. The van der Waals surface area contributed by atoms with Gasteiger partial charge < -0.3 is 9.64 Å². The first-order chi connectivity index (χ1) is 13.2. The molecule has 0 bridgehead atoms. The molecule has 4 heterocycles. The van der Waals surface area contributed by atoms with Crippen LogP contribution in [-0.2, 0) is 17.7 Å². The van der Waals surface area contributed by atoms with Gasteiger partial charge in [0, 0.05) is 32.1 Å². The number of anilines is 1. The summed E-state index contributed by atoms with van der Waals surface area (Å²) in [6.07, 6.45) is 4.65. The van der Waals surface area contributed by atoms with Gasteiger partial charge in [-0.2, -0.15) is 10.2 Å². The molecule has 4 rings (SSSR count). The topological polar surface area (TPSA) is 92.2 Å². The molecule has 2 aromatic rings. The predicted octanol–water partition coefficient (Wildman–Crippen LogP) is 0.598. The van der Waals surface area contributed by atoms with E-state index in [4.69, 9.17) is 4.74 Å². The predicted molar refractivity (Wildman–Crippen MR) is 101 cm³/mol. The third-order valence-corrected chi connectivity index (χ3v) is 5.28. The number of aromatic amines is 1. The fraction of sp³-hybridized carbons (Fsp3) is 0.667. The summed E-state index contributed by atoms with van der Waals surface area (Å²) in [5.41, 5.74) is 0.861. The van der Waals surface area contributed by atoms with Crippen LogP contribution in [-0.4, -0.2) is 69.3 Å². The maximum absolute atomic E-state index is 12.7. The zero-order valence-electron chi connectivity index (χ0n) is 15.8. The van der Waals surface area contributed by atoms with E-state index in [0.717, 1.165) is 69.3 Å². The molecule has 0 spiro atoms. The van der Waals surface area contributed by atoms with Crippen LogP contribution < -0.4 is 10.5 Å². The maximum atomic E-state index is 12.7. The van der Waals surface area contributed by atoms with E-state index in [-0.39, 0.29) is 11.6 Å². The van der Waals surface area contributed by atoms with Gasteiger partial charge in [-0.05, 0) is 19.4 Å². The minimum Gasteiger partial charge on any atom is -0.378 e. The summed E-state index contributed by atoms with van der Waals surface area (Å²) >= 11 is 0. The molecule has 27 heavy (non-hydrogen) atoms. The molecule has 1 unspecified atom stereocenters. The fourth-order valence-corrected chi connectivity index (χ4v) is 3.83. The molecule has 0 amide bonds. The number of aryl methyl sites for hydroxylation is 1. The SMILES string of the molecule is CCc1n[nH]c(CN2CCCC(n3ncc(N4CCOCC4)cc3=O)C2)n1. The van der Waals surface area contributed by atoms with Gasteiger partial charge in [-0.25, -0.2) is 9.67 Å². The Bertz CT molecular complexity index is 812. The zero-order valence-corrected chi connectivity index (χ0v) is 15.8. The Balaban J connectivity index is 1.43. The van der Waals surface area contributed by atoms with Gasteiger partial charge in [-0.3, -0.25) is 14.8 Å². The lowest BCUT2D eigenvalue weighted by Crippen LogP contribution is -2.41. The number of morpholine rings is 1. The Morgan fingerprint density at radius 3 is 2.89 bits per heavy atom. The Morgan fingerprint density at radius 2 is 2.15 bits per heavy atom. The van der Waals surface area contributed by atoms with E-state index in [0.29, 0.717) is 13.2 Å². The minimum atomic E-state index is -0.0289. The van der Waals surface area contributed by atoms with Crippen LogP contribution in [0.5, 0.6) is 0 Å². The van der Waals surface area contributed by atoms with Crippen LogP contribution in [0.3, 0.4) is 0 Å². The van der Waals surface area contributed by atoms with E-state index >= 15 is 0 Å². The fourth-order valence-electron chi connectivity index (χ4n) is 3.83. The largest absolute Gasteiger partial charge is 0.378 e. The second-order valence-corrected chi connectivity index (χ2v) is 7.18. The van der Waals surface area contributed by atoms with Gasteiger partial charge >= 0.3 is 0 Å². The number of likely N-dealkylation sites (tertiary alicyclic amines) is 1. The Labute approximate surface area is 158 Å². The van der Waals surface area contributed by atoms with Crippen molar-refractivity contribution in [2.45, 2.75) is 38.8 Å². The first-order valence-corrected chi connectivity index (χ1v) is 9.77. The van der Waals surface area contributed by atoms with E-state index < -0.39 is 0 Å². The number of nitrogens with one attached hydrogen (secondary N) is 1. The van der Waals surface area contributed by atoms with Crippen LogP contribution in [0.4, 0.5) is 5.69 Å². The van der Waals surface area contributed by atoms with Crippen molar-refractivity contribution < 1.29 is 4.74 Å². The van der Waals surface area contributed by atoms with Crippen molar-refractivity contribution >= 4 is 5.69 Å². The Morgan fingerprint density at radius 1 is 1.30 bits per heavy atom. The van der Waals surface area contributed by atoms with E-state index in [2.05, 4.69) is 30.1 Å². The molecule has 2 fully saturated rings. The summed E-state index contributed by atoms with van der Waals surface area (Å²) in [5.74, 6) is 1.73. The standard InChI is InChI=1S/C18H27N7O2/c1-2-16-20-17(22-21-16)13-23-5-3-4-14(12-23)25-18(26)10-15(11-19-25)24-6-8-27-9-7-24/h10-11,14H,2-9,12-13H2,1H3,(H,20,21,22). The molecule has 9 heteroatoms. The molecule has 2 aliphatic heterocycles. The summed E-state index contributed by atoms with van der Waals surface area (Å²) in [6, 6.07) is 1.81. The summed E-state index contributed by atoms with van der Waals surface area (Å²) in [7, 11) is 0. The number of rotatable bonds is 5. The zero-order chi connectivity index (χ0) is 18.6. The monoisotopic (exact) mass is 373 g/mol. The molecule has 1 N–H and O–H groups in total. The lowest BCUT2D eigenvalue weighted by Gasteiger charge is -2.33. The second kappa shape index (κ2) is 8.18. The molecule has 0 aromatic carbocycles. The summed E-state index contributed by atoms with van der Waals surface area (Å²) in [5, 5.41) is 11.7. The Hall–Kier alpha value is -2.26. The quantitative estimate of drug-likeness (QED) is 0.820. The number of hydrogen-bond donors (Lipinski definition) is 1. The van der Waals surface area contributed by atoms with Crippen LogP contribution in [0.25, 0.3) is 0 Å². The van der Waals surface area contributed by atoms with Gasteiger partial charge in [0.05, 0.1) is 37.7 Å². The van der Waals surface area contributed by atoms with Crippen LogP contribution in [0.1, 0.15) is 37.5 Å². The molecule has 0 aliphatic carbocycles. The van der Waals surface area contributed by atoms with Crippen molar-refractivity contribution in [3.8, 4) is 0 Å². The van der Waals surface area contributed by atoms with E-state index in [1.807, 2.05) is 13.1 Å². The van der Waals surface area contributed by atoms with Crippen molar-refractivity contribution in [1.29, 1.82) is 0 Å². The number of nitrogens with zero attached hydrogens (tertiary/aromatic N) is 6. The molecule has 1 atom stereocenters. The normalized spacial score (nSPS) is 21.5. The minimum absolute atomic E-state index is 0.0289. The lowest BCUT2D eigenvalue weighted by molar-refractivity contribution is 0.122. The first-order valence-electron chi connectivity index (χ1n) is 9.77. The van der Waals surface area contributed by atoms with Gasteiger partial charge in [0.15, 0.2) is 0 Å². The van der Waals surface area contributed by atoms with Crippen LogP contribution in [0.2, 0.25) is 0 Å². The molecule has 2 aromatic heterocycles. The third kappa shape index (κ3) is 4.19. The van der Waals surface area contributed by atoms with Gasteiger partial charge in [-0.1, -0.05) is 6.92 Å². The molecular formula is C18H27N7O2. The molecule has 0 radical (unpaired) electrons. The second-order valence-electron chi connectivity index (χ2n) is 7.18. The van der Waals surface area contributed by atoms with Crippen LogP contribution in [0.15, 0.2) is 17.1 Å². The number of H-pyrrole nitrogens is 1. The average molecular weight is 373 g/mol. The van der Waals surface area contributed by atoms with Crippen molar-refractivity contribution in [3.63, 3.8) is 0 Å². The highest BCUT2D eigenvalue weighted by molar-refractivity contribution is 5.43. The van der Waals surface area contributed by atoms with Gasteiger partial charge in [-0.15, -0.1) is 0 Å². The third-order valence-electron chi connectivity index (χ3n) is 5.28. The Kier molecular flexibility index (Phi) is 5.49. The van der Waals surface area contributed by atoms with Crippen LogP contribution in [0, 0.1) is 0 Å². The summed E-state index contributed by atoms with van der Waals surface area (Å²) in [6.45, 7) is 7.57. The van der Waals surface area contributed by atoms with E-state index in [1.165, 1.54) is 0 Å². The number of ether oxygens (including phenoxy) is 1. The first kappa shape index (κ1) is 18.1. The average Bonchev–Trinajstić information content (AvgIpc) is 3.16. The van der Waals surface area contributed by atoms with Crippen molar-refractivity contribution in [3.05, 3.63) is 34.3 Å². The highest BCUT2D eigenvalue weighted by atomic mass is 16.5.